The summed E-state index contributed by atoms with van der Waals surface area (Å²) in [4.78, 5) is 59.8. The maximum Gasteiger partial charge on any atom is 0.276 e. The fraction of sp³-hybridized carbons (Fsp3) is 0.294. The zero-order valence-electron chi connectivity index (χ0n) is 28.5. The van der Waals surface area contributed by atoms with Crippen molar-refractivity contribution in [3.05, 3.63) is 82.4 Å². The summed E-state index contributed by atoms with van der Waals surface area (Å²) < 4.78 is 6.56. The normalized spacial score (nSPS) is 12.0. The molecular weight excluding hydrogens is 656 g/mol. The molecule has 0 saturated heterocycles. The lowest BCUT2D eigenvalue weighted by Crippen LogP contribution is -2.24. The first-order valence-electron chi connectivity index (χ1n) is 16.4. The van der Waals surface area contributed by atoms with Gasteiger partial charge in [-0.25, -0.2) is 9.97 Å². The highest BCUT2D eigenvalue weighted by atomic mass is 16.3. The van der Waals surface area contributed by atoms with E-state index in [1.54, 1.807) is 74.8 Å². The third kappa shape index (κ3) is 6.91. The molecule has 0 aliphatic carbocycles. The summed E-state index contributed by atoms with van der Waals surface area (Å²) in [5.41, 5.74) is 15.5. The Bertz CT molecular complexity index is 2330. The molecule has 7 N–H and O–H groups in total. The van der Waals surface area contributed by atoms with E-state index in [9.17, 15) is 24.3 Å². The number of aryl methyl sites for hydroxylation is 5. The molecule has 0 radical (unpaired) electrons. The lowest BCUT2D eigenvalue weighted by Gasteiger charge is -2.17. The van der Waals surface area contributed by atoms with Crippen LogP contribution in [0.3, 0.4) is 0 Å². The zero-order valence-corrected chi connectivity index (χ0v) is 28.5. The zero-order chi connectivity index (χ0) is 36.6. The molecule has 17 nitrogen and oxygen atoms in total. The molecular formula is C34H38N12O5. The van der Waals surface area contributed by atoms with Crippen molar-refractivity contribution in [1.29, 1.82) is 0 Å². The van der Waals surface area contributed by atoms with Crippen LogP contribution >= 0.6 is 0 Å². The number of primary amides is 2. The van der Waals surface area contributed by atoms with Gasteiger partial charge in [-0.15, -0.1) is 0 Å². The van der Waals surface area contributed by atoms with E-state index in [1.807, 2.05) is 13.8 Å². The van der Waals surface area contributed by atoms with Crippen LogP contribution < -0.4 is 22.1 Å². The van der Waals surface area contributed by atoms with Gasteiger partial charge in [0.05, 0.1) is 46.1 Å². The molecule has 2 aromatic carbocycles. The average molecular weight is 695 g/mol. The van der Waals surface area contributed by atoms with Crippen molar-refractivity contribution < 1.29 is 24.3 Å². The smallest absolute Gasteiger partial charge is 0.276 e. The maximum atomic E-state index is 13.4. The van der Waals surface area contributed by atoms with E-state index in [0.29, 0.717) is 57.9 Å². The molecule has 6 aromatic rings. The number of aromatic nitrogens is 8. The fourth-order valence-electron chi connectivity index (χ4n) is 6.02. The third-order valence-corrected chi connectivity index (χ3v) is 8.46. The predicted octanol–water partition coefficient (Wildman–Crippen LogP) is 2.59. The van der Waals surface area contributed by atoms with Crippen molar-refractivity contribution in [2.45, 2.75) is 66.4 Å². The Hall–Kier alpha value is -6.36. The summed E-state index contributed by atoms with van der Waals surface area (Å²) in [7, 11) is 0. The van der Waals surface area contributed by atoms with Gasteiger partial charge in [-0.1, -0.05) is 0 Å². The van der Waals surface area contributed by atoms with E-state index in [4.69, 9.17) is 11.5 Å². The number of hydrogen-bond acceptors (Lipinski definition) is 9. The first kappa shape index (κ1) is 34.5. The summed E-state index contributed by atoms with van der Waals surface area (Å²) in [6.45, 7) is 8.50. The molecule has 17 heteroatoms. The first-order valence-corrected chi connectivity index (χ1v) is 16.4. The number of hydrogen-bond donors (Lipinski definition) is 5. The largest absolute Gasteiger partial charge is 0.391 e. The van der Waals surface area contributed by atoms with Gasteiger partial charge in [-0.05, 0) is 82.6 Å². The Balaban J connectivity index is 1.30. The number of carbonyl (C=O) groups excluding carboxylic acids is 4. The summed E-state index contributed by atoms with van der Waals surface area (Å²) in [5, 5.41) is 25.9. The van der Waals surface area contributed by atoms with E-state index in [1.165, 1.54) is 6.07 Å². The molecule has 1 unspecified atom stereocenters. The SMILES string of the molecule is CCn1nc(C)cc1C(=O)Nc1nc2cc(C(N)=O)ccc2n1CCC(O)Cn1c(NC(=O)c2cc(C)nn2CC)nc2cc(C(N)=O)ccc21. The minimum absolute atomic E-state index is 0.00318. The molecule has 0 fully saturated rings. The molecule has 51 heavy (non-hydrogen) atoms. The lowest BCUT2D eigenvalue weighted by molar-refractivity contribution is 0.0992. The van der Waals surface area contributed by atoms with E-state index >= 15 is 0 Å². The number of amides is 4. The third-order valence-electron chi connectivity index (χ3n) is 8.46. The molecule has 264 valence electrons. The summed E-state index contributed by atoms with van der Waals surface area (Å²) in [5.74, 6) is -1.77. The fourth-order valence-corrected chi connectivity index (χ4v) is 6.02. The number of nitrogens with two attached hydrogens (primary N) is 2. The van der Waals surface area contributed by atoms with Gasteiger partial charge < -0.3 is 25.7 Å². The molecule has 4 heterocycles. The minimum Gasteiger partial charge on any atom is -0.391 e. The number of imidazole rings is 2. The first-order chi connectivity index (χ1) is 24.4. The molecule has 0 saturated carbocycles. The molecule has 0 spiro atoms. The van der Waals surface area contributed by atoms with Gasteiger partial charge in [-0.2, -0.15) is 10.2 Å². The number of fused-ring (bicyclic) bond motifs is 2. The Labute approximate surface area is 291 Å². The second kappa shape index (κ2) is 13.9. The van der Waals surface area contributed by atoms with Gasteiger partial charge in [0.25, 0.3) is 11.8 Å². The van der Waals surface area contributed by atoms with Crippen molar-refractivity contribution in [2.24, 2.45) is 11.5 Å². The number of aliphatic hydroxyl groups is 1. The van der Waals surface area contributed by atoms with Crippen molar-refractivity contribution >= 4 is 57.6 Å². The number of rotatable bonds is 13. The lowest BCUT2D eigenvalue weighted by atomic mass is 10.2. The van der Waals surface area contributed by atoms with Gasteiger partial charge >= 0.3 is 0 Å². The van der Waals surface area contributed by atoms with E-state index in [2.05, 4.69) is 30.8 Å². The summed E-state index contributed by atoms with van der Waals surface area (Å²) in [6.07, 6.45) is -0.820. The van der Waals surface area contributed by atoms with Gasteiger partial charge in [0.1, 0.15) is 11.4 Å². The molecule has 4 amide bonds. The Morgan fingerprint density at radius 1 is 0.725 bits per heavy atom. The molecule has 1 atom stereocenters. The van der Waals surface area contributed by atoms with Crippen LogP contribution in [0.5, 0.6) is 0 Å². The number of nitrogens with one attached hydrogen (secondary N) is 2. The maximum absolute atomic E-state index is 13.4. The van der Waals surface area contributed by atoms with E-state index < -0.39 is 29.7 Å². The van der Waals surface area contributed by atoms with Crippen LogP contribution in [-0.2, 0) is 26.2 Å². The van der Waals surface area contributed by atoms with Crippen molar-refractivity contribution in [2.75, 3.05) is 10.6 Å². The standard InChI is InChI=1S/C34H38N12O5/c1-5-45-27(13-18(3)41-45)31(50)39-33-37-23-15-20(29(35)48)7-9-25(23)43(33)12-11-22(47)17-44-26-10-8-21(30(36)49)16-24(26)38-34(44)40-32(51)28-14-19(4)42-46(28)6-2/h7-10,13-16,22,47H,5-6,11-12,17H2,1-4H3,(H2,35,48)(H2,36,49)(H,37,39,50)(H,38,40,51). The Kier molecular flexibility index (Phi) is 9.38. The number of aliphatic hydroxyl groups excluding tert-OH is 1. The van der Waals surface area contributed by atoms with Crippen molar-refractivity contribution in [3.8, 4) is 0 Å². The predicted molar refractivity (Wildman–Crippen MR) is 188 cm³/mol. The Morgan fingerprint density at radius 2 is 1.18 bits per heavy atom. The molecule has 0 bridgehead atoms. The number of carbonyl (C=O) groups is 4. The van der Waals surface area contributed by atoms with Crippen LogP contribution in [0.2, 0.25) is 0 Å². The second-order valence-corrected chi connectivity index (χ2v) is 12.1. The van der Waals surface area contributed by atoms with Gasteiger partial charge in [-0.3, -0.25) is 39.2 Å². The van der Waals surface area contributed by atoms with Crippen LogP contribution in [0, 0.1) is 13.8 Å². The Morgan fingerprint density at radius 3 is 1.63 bits per heavy atom. The number of anilines is 2. The highest BCUT2D eigenvalue weighted by Crippen LogP contribution is 2.26. The van der Waals surface area contributed by atoms with Gasteiger partial charge in [0.2, 0.25) is 23.7 Å². The minimum atomic E-state index is -0.993. The second-order valence-electron chi connectivity index (χ2n) is 12.1. The molecule has 4 aromatic heterocycles. The van der Waals surface area contributed by atoms with Crippen molar-refractivity contribution in [1.82, 2.24) is 38.7 Å². The summed E-state index contributed by atoms with van der Waals surface area (Å²) in [6, 6.07) is 12.9. The van der Waals surface area contributed by atoms with Crippen LogP contribution in [0.25, 0.3) is 22.1 Å². The van der Waals surface area contributed by atoms with Crippen molar-refractivity contribution in [3.63, 3.8) is 0 Å². The molecule has 6 rings (SSSR count). The topological polar surface area (TPSA) is 236 Å². The quantitative estimate of drug-likeness (QED) is 0.119. The van der Waals surface area contributed by atoms with E-state index in [0.717, 1.165) is 0 Å². The van der Waals surface area contributed by atoms with Crippen LogP contribution in [0.15, 0.2) is 48.5 Å². The van der Waals surface area contributed by atoms with Crippen LogP contribution in [0.1, 0.15) is 73.3 Å². The number of nitrogens with zero attached hydrogens (tertiary/aromatic N) is 8. The summed E-state index contributed by atoms with van der Waals surface area (Å²) >= 11 is 0. The van der Waals surface area contributed by atoms with Gasteiger partial charge in [0.15, 0.2) is 0 Å². The highest BCUT2D eigenvalue weighted by molar-refractivity contribution is 6.04. The average Bonchev–Trinajstić information content (AvgIpc) is 3.85. The van der Waals surface area contributed by atoms with Gasteiger partial charge in [0, 0.05) is 30.8 Å². The van der Waals surface area contributed by atoms with Crippen LogP contribution in [-0.4, -0.2) is 73.5 Å². The molecule has 0 aliphatic rings. The van der Waals surface area contributed by atoms with E-state index in [-0.39, 0.29) is 42.5 Å². The van der Waals surface area contributed by atoms with Crippen LogP contribution in [0.4, 0.5) is 11.9 Å². The molecule has 0 aliphatic heterocycles. The number of benzene rings is 2. The highest BCUT2D eigenvalue weighted by Gasteiger charge is 2.23. The monoisotopic (exact) mass is 694 g/mol.